The normalized spacial score (nSPS) is 13.6. The predicted octanol–water partition coefficient (Wildman–Crippen LogP) is 1.31. The number of aliphatic carboxylic acids is 2. The van der Waals surface area contributed by atoms with Gasteiger partial charge in [-0.15, -0.1) is 0 Å². The molecule has 0 spiro atoms. The SMILES string of the molecule is COc1cccc(N2CCC(=O)N2CCCN(C)C)c1.O=C(O)/C=C\C(=O)O. The minimum Gasteiger partial charge on any atom is -0.497 e. The van der Waals surface area contributed by atoms with E-state index >= 15 is 0 Å². The summed E-state index contributed by atoms with van der Waals surface area (Å²) in [4.78, 5) is 33.3. The molecular weight excluding hydrogens is 366 g/mol. The topological polar surface area (TPSA) is 111 Å². The molecule has 1 aromatic rings. The van der Waals surface area contributed by atoms with Crippen molar-refractivity contribution in [3.8, 4) is 5.75 Å². The second-order valence-electron chi connectivity index (χ2n) is 6.26. The number of carboxylic acids is 2. The highest BCUT2D eigenvalue weighted by atomic mass is 16.5. The van der Waals surface area contributed by atoms with Gasteiger partial charge in [-0.3, -0.25) is 14.8 Å². The van der Waals surface area contributed by atoms with E-state index in [9.17, 15) is 14.4 Å². The highest BCUT2D eigenvalue weighted by Crippen LogP contribution is 2.26. The summed E-state index contributed by atoms with van der Waals surface area (Å²) in [5.74, 6) is -1.50. The highest BCUT2D eigenvalue weighted by molar-refractivity contribution is 5.89. The number of rotatable bonds is 8. The summed E-state index contributed by atoms with van der Waals surface area (Å²) in [6.45, 7) is 2.48. The molecule has 0 saturated carbocycles. The Kier molecular flexibility index (Phi) is 9.52. The molecule has 0 aromatic heterocycles. The Morgan fingerprint density at radius 1 is 1.21 bits per heavy atom. The van der Waals surface area contributed by atoms with Gasteiger partial charge in [0.15, 0.2) is 0 Å². The molecule has 2 rings (SSSR count). The predicted molar refractivity (Wildman–Crippen MR) is 104 cm³/mol. The number of hydrogen-bond donors (Lipinski definition) is 2. The molecule has 1 amide bonds. The first-order valence-electron chi connectivity index (χ1n) is 8.75. The fraction of sp³-hybridized carbons (Fsp3) is 0.421. The number of hydrazine groups is 1. The van der Waals surface area contributed by atoms with Gasteiger partial charge in [-0.2, -0.15) is 0 Å². The number of hydrogen-bond acceptors (Lipinski definition) is 6. The van der Waals surface area contributed by atoms with Crippen LogP contribution >= 0.6 is 0 Å². The number of nitrogens with zero attached hydrogens (tertiary/aromatic N) is 3. The summed E-state index contributed by atoms with van der Waals surface area (Å²) in [6.07, 6.45) is 2.67. The van der Waals surface area contributed by atoms with Crippen LogP contribution in [-0.2, 0) is 14.4 Å². The second-order valence-corrected chi connectivity index (χ2v) is 6.26. The third-order valence-corrected chi connectivity index (χ3v) is 3.81. The van der Waals surface area contributed by atoms with Crippen molar-refractivity contribution in [1.82, 2.24) is 9.91 Å². The lowest BCUT2D eigenvalue weighted by atomic mass is 10.3. The Morgan fingerprint density at radius 2 is 1.86 bits per heavy atom. The smallest absolute Gasteiger partial charge is 0.328 e. The van der Waals surface area contributed by atoms with E-state index < -0.39 is 11.9 Å². The van der Waals surface area contributed by atoms with Crippen LogP contribution in [0.2, 0.25) is 0 Å². The van der Waals surface area contributed by atoms with Crippen LogP contribution in [0.1, 0.15) is 12.8 Å². The maximum atomic E-state index is 12.0. The number of amides is 1. The Balaban J connectivity index is 0.000000416. The Labute approximate surface area is 164 Å². The Morgan fingerprint density at radius 3 is 2.39 bits per heavy atom. The van der Waals surface area contributed by atoms with Crippen molar-refractivity contribution in [3.63, 3.8) is 0 Å². The molecule has 0 radical (unpaired) electrons. The van der Waals surface area contributed by atoms with Crippen LogP contribution in [0.4, 0.5) is 5.69 Å². The number of anilines is 1. The first kappa shape index (κ1) is 23.0. The van der Waals surface area contributed by atoms with E-state index in [1.807, 2.05) is 43.4 Å². The van der Waals surface area contributed by atoms with Gasteiger partial charge in [-0.1, -0.05) is 6.07 Å². The molecule has 0 bridgehead atoms. The molecule has 2 N–H and O–H groups in total. The highest BCUT2D eigenvalue weighted by Gasteiger charge is 2.28. The molecule has 154 valence electrons. The van der Waals surface area contributed by atoms with Crippen molar-refractivity contribution in [1.29, 1.82) is 0 Å². The Hall–Kier alpha value is -3.07. The van der Waals surface area contributed by atoms with Crippen LogP contribution in [0.3, 0.4) is 0 Å². The van der Waals surface area contributed by atoms with E-state index in [2.05, 4.69) is 9.91 Å². The second kappa shape index (κ2) is 11.6. The zero-order valence-electron chi connectivity index (χ0n) is 16.4. The van der Waals surface area contributed by atoms with Crippen molar-refractivity contribution >= 4 is 23.5 Å². The fourth-order valence-corrected chi connectivity index (χ4v) is 2.55. The van der Waals surface area contributed by atoms with E-state index in [0.717, 1.165) is 37.5 Å². The van der Waals surface area contributed by atoms with E-state index in [1.54, 1.807) is 7.11 Å². The lowest BCUT2D eigenvalue weighted by Gasteiger charge is -2.30. The summed E-state index contributed by atoms with van der Waals surface area (Å²) in [5.41, 5.74) is 1.01. The number of ether oxygens (including phenoxy) is 1. The number of methoxy groups -OCH3 is 1. The van der Waals surface area contributed by atoms with Gasteiger partial charge in [0.25, 0.3) is 0 Å². The average molecular weight is 393 g/mol. The van der Waals surface area contributed by atoms with Crippen LogP contribution in [0.15, 0.2) is 36.4 Å². The van der Waals surface area contributed by atoms with E-state index in [-0.39, 0.29) is 5.91 Å². The Bertz CT molecular complexity index is 689. The summed E-state index contributed by atoms with van der Waals surface area (Å²) in [7, 11) is 5.75. The van der Waals surface area contributed by atoms with E-state index in [1.165, 1.54) is 0 Å². The third-order valence-electron chi connectivity index (χ3n) is 3.81. The van der Waals surface area contributed by atoms with Gasteiger partial charge in [-0.05, 0) is 39.2 Å². The van der Waals surface area contributed by atoms with Crippen LogP contribution in [-0.4, -0.2) is 78.8 Å². The van der Waals surface area contributed by atoms with E-state index in [0.29, 0.717) is 18.6 Å². The van der Waals surface area contributed by atoms with Gasteiger partial charge in [0.1, 0.15) is 5.75 Å². The first-order chi connectivity index (χ1) is 13.2. The number of carboxylic acid groups (broad SMARTS) is 2. The molecule has 9 nitrogen and oxygen atoms in total. The lowest BCUT2D eigenvalue weighted by Crippen LogP contribution is -2.40. The molecule has 1 saturated heterocycles. The first-order valence-corrected chi connectivity index (χ1v) is 8.75. The zero-order chi connectivity index (χ0) is 21.1. The van der Waals surface area contributed by atoms with Gasteiger partial charge in [0.05, 0.1) is 12.8 Å². The van der Waals surface area contributed by atoms with Crippen molar-refractivity contribution in [2.24, 2.45) is 0 Å². The standard InChI is InChI=1S/C15H23N3O2.C4H4O4/c1-16(2)9-5-10-18-15(19)8-11-17(18)13-6-4-7-14(12-13)20-3;5-3(6)1-2-4(7)8/h4,6-7,12H,5,8-11H2,1-3H3;1-2H,(H,5,6)(H,7,8)/b;2-1-. The van der Waals surface area contributed by atoms with Crippen molar-refractivity contribution in [2.75, 3.05) is 45.8 Å². The average Bonchev–Trinajstić information content (AvgIpc) is 3.01. The van der Waals surface area contributed by atoms with Gasteiger partial charge in [-0.25, -0.2) is 9.59 Å². The summed E-state index contributed by atoms with van der Waals surface area (Å²) < 4.78 is 5.25. The maximum Gasteiger partial charge on any atom is 0.328 e. The van der Waals surface area contributed by atoms with Crippen LogP contribution in [0, 0.1) is 0 Å². The largest absolute Gasteiger partial charge is 0.497 e. The minimum absolute atomic E-state index is 0.201. The maximum absolute atomic E-state index is 12.0. The summed E-state index contributed by atoms with van der Waals surface area (Å²) in [5, 5.41) is 19.5. The van der Waals surface area contributed by atoms with Gasteiger partial charge in [0.2, 0.25) is 5.91 Å². The molecule has 0 aliphatic carbocycles. The van der Waals surface area contributed by atoms with Crippen LogP contribution < -0.4 is 9.75 Å². The number of carbonyl (C=O) groups excluding carboxylic acids is 1. The molecule has 1 heterocycles. The minimum atomic E-state index is -1.26. The summed E-state index contributed by atoms with van der Waals surface area (Å²) in [6, 6.07) is 7.85. The summed E-state index contributed by atoms with van der Waals surface area (Å²) >= 11 is 0. The molecular formula is C19H27N3O6. The molecule has 9 heteroatoms. The van der Waals surface area contributed by atoms with Gasteiger partial charge >= 0.3 is 11.9 Å². The molecule has 1 aliphatic heterocycles. The van der Waals surface area contributed by atoms with E-state index in [4.69, 9.17) is 14.9 Å². The molecule has 1 fully saturated rings. The van der Waals surface area contributed by atoms with Crippen molar-refractivity contribution in [3.05, 3.63) is 36.4 Å². The molecule has 0 unspecified atom stereocenters. The van der Waals surface area contributed by atoms with Crippen LogP contribution in [0.25, 0.3) is 0 Å². The third kappa shape index (κ3) is 8.09. The number of benzene rings is 1. The monoisotopic (exact) mass is 393 g/mol. The number of carbonyl (C=O) groups is 3. The van der Waals surface area contributed by atoms with Crippen LogP contribution in [0.5, 0.6) is 5.75 Å². The van der Waals surface area contributed by atoms with Gasteiger partial charge in [0, 0.05) is 37.7 Å². The molecule has 28 heavy (non-hydrogen) atoms. The quantitative estimate of drug-likeness (QED) is 0.636. The van der Waals surface area contributed by atoms with Crippen molar-refractivity contribution < 1.29 is 29.3 Å². The van der Waals surface area contributed by atoms with Crippen molar-refractivity contribution in [2.45, 2.75) is 12.8 Å². The van der Waals surface area contributed by atoms with Gasteiger partial charge < -0.3 is 19.8 Å². The molecule has 0 atom stereocenters. The molecule has 1 aliphatic rings. The molecule has 1 aromatic carbocycles. The zero-order valence-corrected chi connectivity index (χ0v) is 16.4. The lowest BCUT2D eigenvalue weighted by molar-refractivity contribution is -0.134. The fourth-order valence-electron chi connectivity index (χ4n) is 2.55.